The SMILES string of the molecule is CC1(C)C(=O)N([C@H]2C[C@@](C#N)(N3C[C@H]4COC[C@H]4C3)C2)c2cc(Br)cnc21. The maximum Gasteiger partial charge on any atom is 0.239 e. The summed E-state index contributed by atoms with van der Waals surface area (Å²) in [6, 6.07) is 4.64. The highest BCUT2D eigenvalue weighted by Crippen LogP contribution is 2.50. The lowest BCUT2D eigenvalue weighted by molar-refractivity contribution is -0.123. The topological polar surface area (TPSA) is 69.5 Å². The summed E-state index contributed by atoms with van der Waals surface area (Å²) in [6.45, 7) is 7.39. The second-order valence-corrected chi connectivity index (χ2v) is 9.91. The fourth-order valence-electron chi connectivity index (χ4n) is 5.33. The van der Waals surface area contributed by atoms with E-state index in [1.807, 2.05) is 24.8 Å². The highest BCUT2D eigenvalue weighted by molar-refractivity contribution is 9.10. The fourth-order valence-corrected chi connectivity index (χ4v) is 5.65. The molecule has 1 amide bonds. The number of carbonyl (C=O) groups is 1. The van der Waals surface area contributed by atoms with Gasteiger partial charge in [-0.3, -0.25) is 14.7 Å². The fraction of sp³-hybridized carbons (Fsp3) is 0.650. The number of hydrogen-bond acceptors (Lipinski definition) is 5. The summed E-state index contributed by atoms with van der Waals surface area (Å²) < 4.78 is 6.44. The van der Waals surface area contributed by atoms with Crippen LogP contribution in [0.1, 0.15) is 32.4 Å². The van der Waals surface area contributed by atoms with Gasteiger partial charge in [0, 0.05) is 54.5 Å². The van der Waals surface area contributed by atoms with Crippen molar-refractivity contribution in [1.29, 1.82) is 5.26 Å². The second kappa shape index (κ2) is 5.76. The van der Waals surface area contributed by atoms with Gasteiger partial charge in [-0.05, 0) is 35.8 Å². The van der Waals surface area contributed by atoms with E-state index in [2.05, 4.69) is 31.9 Å². The number of ether oxygens (including phenoxy) is 1. The van der Waals surface area contributed by atoms with Crippen LogP contribution in [-0.4, -0.2) is 53.7 Å². The van der Waals surface area contributed by atoms with Crippen LogP contribution in [0, 0.1) is 23.2 Å². The number of hydrogen-bond donors (Lipinski definition) is 0. The number of likely N-dealkylation sites (tertiary alicyclic amines) is 1. The van der Waals surface area contributed by atoms with E-state index in [-0.39, 0.29) is 11.9 Å². The summed E-state index contributed by atoms with van der Waals surface area (Å²) in [5.41, 5.74) is 0.658. The van der Waals surface area contributed by atoms with Gasteiger partial charge in [-0.25, -0.2) is 0 Å². The van der Waals surface area contributed by atoms with E-state index in [1.165, 1.54) is 0 Å². The molecule has 0 bridgehead atoms. The minimum absolute atomic E-state index is 0.0606. The molecule has 5 rings (SSSR count). The number of amides is 1. The van der Waals surface area contributed by atoms with Gasteiger partial charge in [-0.1, -0.05) is 0 Å². The first-order chi connectivity index (χ1) is 12.9. The highest BCUT2D eigenvalue weighted by Gasteiger charge is 2.58. The molecule has 0 radical (unpaired) electrons. The van der Waals surface area contributed by atoms with Gasteiger partial charge >= 0.3 is 0 Å². The molecule has 4 heterocycles. The van der Waals surface area contributed by atoms with Crippen LogP contribution in [0.4, 0.5) is 5.69 Å². The Kier molecular flexibility index (Phi) is 3.75. The number of carbonyl (C=O) groups excluding carboxylic acids is 1. The molecule has 4 aliphatic rings. The number of fused-ring (bicyclic) bond motifs is 2. The molecule has 3 aliphatic heterocycles. The predicted octanol–water partition coefficient (Wildman–Crippen LogP) is 2.47. The zero-order valence-corrected chi connectivity index (χ0v) is 17.2. The van der Waals surface area contributed by atoms with Crippen LogP contribution in [0.2, 0.25) is 0 Å². The molecule has 0 spiro atoms. The normalized spacial score (nSPS) is 37.0. The number of rotatable bonds is 2. The Hall–Kier alpha value is -1.49. The number of anilines is 1. The lowest BCUT2D eigenvalue weighted by atomic mass is 9.71. The maximum absolute atomic E-state index is 13.2. The number of nitriles is 1. The zero-order valence-electron chi connectivity index (χ0n) is 15.6. The van der Waals surface area contributed by atoms with E-state index in [1.54, 1.807) is 6.20 Å². The van der Waals surface area contributed by atoms with Gasteiger partial charge in [0.1, 0.15) is 5.54 Å². The van der Waals surface area contributed by atoms with Gasteiger partial charge < -0.3 is 9.64 Å². The molecular weight excluding hydrogens is 408 g/mol. The van der Waals surface area contributed by atoms with E-state index in [0.717, 1.165) is 42.2 Å². The highest BCUT2D eigenvalue weighted by atomic mass is 79.9. The predicted molar refractivity (Wildman–Crippen MR) is 103 cm³/mol. The average molecular weight is 431 g/mol. The summed E-state index contributed by atoms with van der Waals surface area (Å²) in [5.74, 6) is 1.20. The van der Waals surface area contributed by atoms with Crippen LogP contribution in [0.15, 0.2) is 16.7 Å². The van der Waals surface area contributed by atoms with Crippen molar-refractivity contribution in [1.82, 2.24) is 9.88 Å². The number of aromatic nitrogens is 1. The Morgan fingerprint density at radius 3 is 2.59 bits per heavy atom. The molecule has 1 aromatic heterocycles. The lowest BCUT2D eigenvalue weighted by Crippen LogP contribution is -2.63. The first-order valence-electron chi connectivity index (χ1n) is 9.59. The van der Waals surface area contributed by atoms with Crippen LogP contribution in [0.3, 0.4) is 0 Å². The van der Waals surface area contributed by atoms with Crippen LogP contribution < -0.4 is 4.90 Å². The van der Waals surface area contributed by atoms with Gasteiger partial charge in [-0.2, -0.15) is 5.26 Å². The molecule has 27 heavy (non-hydrogen) atoms. The summed E-state index contributed by atoms with van der Waals surface area (Å²) in [6.07, 6.45) is 3.16. The molecule has 0 aromatic carbocycles. The van der Waals surface area contributed by atoms with E-state index < -0.39 is 11.0 Å². The first kappa shape index (κ1) is 17.6. The van der Waals surface area contributed by atoms with E-state index in [4.69, 9.17) is 4.74 Å². The Morgan fingerprint density at radius 2 is 1.96 bits per heavy atom. The van der Waals surface area contributed by atoms with Crippen LogP contribution in [0.25, 0.3) is 0 Å². The lowest BCUT2D eigenvalue weighted by Gasteiger charge is -2.51. The molecule has 1 saturated carbocycles. The largest absolute Gasteiger partial charge is 0.381 e. The molecule has 2 atom stereocenters. The summed E-state index contributed by atoms with van der Waals surface area (Å²) >= 11 is 3.48. The Balaban J connectivity index is 1.40. The maximum atomic E-state index is 13.2. The summed E-state index contributed by atoms with van der Waals surface area (Å²) in [7, 11) is 0. The van der Waals surface area contributed by atoms with Crippen LogP contribution in [0.5, 0.6) is 0 Å². The van der Waals surface area contributed by atoms with Crippen molar-refractivity contribution in [3.05, 3.63) is 22.4 Å². The average Bonchev–Trinajstić information content (AvgIpc) is 3.22. The Morgan fingerprint density at radius 1 is 1.30 bits per heavy atom. The van der Waals surface area contributed by atoms with Crippen molar-refractivity contribution in [3.8, 4) is 6.07 Å². The van der Waals surface area contributed by atoms with E-state index in [9.17, 15) is 10.1 Å². The Labute approximate surface area is 167 Å². The van der Waals surface area contributed by atoms with Crippen molar-refractivity contribution >= 4 is 27.5 Å². The van der Waals surface area contributed by atoms with Gasteiger partial charge in [-0.15, -0.1) is 0 Å². The van der Waals surface area contributed by atoms with Crippen LogP contribution >= 0.6 is 15.9 Å². The molecule has 142 valence electrons. The summed E-state index contributed by atoms with van der Waals surface area (Å²) in [4.78, 5) is 22.0. The van der Waals surface area contributed by atoms with E-state index in [0.29, 0.717) is 24.7 Å². The molecular formula is C20H23BrN4O2. The van der Waals surface area contributed by atoms with Gasteiger partial charge in [0.25, 0.3) is 0 Å². The molecule has 0 unspecified atom stereocenters. The monoisotopic (exact) mass is 430 g/mol. The standard InChI is InChI=1S/C20H23BrN4O2/c1-19(2)17-16(3-14(21)6-23-17)25(18(19)26)15-4-20(5-15,11-22)24-7-12-9-27-10-13(12)8-24/h3,6,12-13,15H,4-5,7-10H2,1-2H3/t12-,13+,15-,20+. The Bertz CT molecular complexity index is 846. The molecule has 1 aliphatic carbocycles. The molecule has 0 N–H and O–H groups in total. The molecule has 3 fully saturated rings. The van der Waals surface area contributed by atoms with E-state index >= 15 is 0 Å². The van der Waals surface area contributed by atoms with Crippen molar-refractivity contribution in [2.75, 3.05) is 31.2 Å². The minimum atomic E-state index is -0.622. The quantitative estimate of drug-likeness (QED) is 0.720. The van der Waals surface area contributed by atoms with Crippen molar-refractivity contribution in [2.45, 2.75) is 43.7 Å². The van der Waals surface area contributed by atoms with Gasteiger partial charge in [0.05, 0.1) is 36.1 Å². The molecule has 6 nitrogen and oxygen atoms in total. The zero-order chi connectivity index (χ0) is 19.0. The first-order valence-corrected chi connectivity index (χ1v) is 10.4. The molecule has 7 heteroatoms. The number of nitrogens with zero attached hydrogens (tertiary/aromatic N) is 4. The van der Waals surface area contributed by atoms with Crippen molar-refractivity contribution < 1.29 is 9.53 Å². The third-order valence-corrected chi connectivity index (χ3v) is 7.44. The minimum Gasteiger partial charge on any atom is -0.381 e. The van der Waals surface area contributed by atoms with Crippen molar-refractivity contribution in [2.24, 2.45) is 11.8 Å². The molecule has 1 aromatic rings. The summed E-state index contributed by atoms with van der Waals surface area (Å²) in [5, 5.41) is 9.98. The number of pyridine rings is 1. The van der Waals surface area contributed by atoms with Crippen molar-refractivity contribution in [3.63, 3.8) is 0 Å². The third kappa shape index (κ3) is 2.36. The molecule has 2 saturated heterocycles. The van der Waals surface area contributed by atoms with Crippen LogP contribution in [-0.2, 0) is 14.9 Å². The second-order valence-electron chi connectivity index (χ2n) is 8.99. The smallest absolute Gasteiger partial charge is 0.239 e. The van der Waals surface area contributed by atoms with Gasteiger partial charge in [0.2, 0.25) is 5.91 Å². The number of halogens is 1. The third-order valence-electron chi connectivity index (χ3n) is 7.00. The van der Waals surface area contributed by atoms with Gasteiger partial charge in [0.15, 0.2) is 0 Å².